The lowest BCUT2D eigenvalue weighted by atomic mass is 10.0. The van der Waals surface area contributed by atoms with Crippen LogP contribution in [0.25, 0.3) is 6.08 Å². The molecule has 0 atom stereocenters. The van der Waals surface area contributed by atoms with E-state index in [2.05, 4.69) is 13.8 Å². The molecular weight excluding hydrogens is 284 g/mol. The van der Waals surface area contributed by atoms with E-state index in [1.165, 1.54) is 23.8 Å². The molecule has 0 radical (unpaired) electrons. The predicted octanol–water partition coefficient (Wildman–Crippen LogP) is 5.07. The lowest BCUT2D eigenvalue weighted by molar-refractivity contribution is 0.104. The molecular formula is C18H17ClO2. The van der Waals surface area contributed by atoms with Gasteiger partial charge in [-0.2, -0.15) is 0 Å². The van der Waals surface area contributed by atoms with E-state index in [1.54, 1.807) is 12.1 Å². The van der Waals surface area contributed by atoms with Crippen LogP contribution in [0.1, 0.15) is 41.3 Å². The Morgan fingerprint density at radius 2 is 1.81 bits per heavy atom. The van der Waals surface area contributed by atoms with Crippen molar-refractivity contribution in [3.63, 3.8) is 0 Å². The molecule has 0 bridgehead atoms. The largest absolute Gasteiger partial charge is 0.507 e. The van der Waals surface area contributed by atoms with Gasteiger partial charge in [-0.3, -0.25) is 4.79 Å². The molecule has 0 heterocycles. The van der Waals surface area contributed by atoms with Crippen LogP contribution < -0.4 is 0 Å². The van der Waals surface area contributed by atoms with Gasteiger partial charge in [-0.25, -0.2) is 0 Å². The van der Waals surface area contributed by atoms with E-state index in [0.717, 1.165) is 5.56 Å². The van der Waals surface area contributed by atoms with Gasteiger partial charge in [0.2, 0.25) is 0 Å². The minimum atomic E-state index is -0.275. The molecule has 0 aliphatic heterocycles. The summed E-state index contributed by atoms with van der Waals surface area (Å²) in [4.78, 5) is 12.1. The fourth-order valence-electron chi connectivity index (χ4n) is 1.96. The highest BCUT2D eigenvalue weighted by Crippen LogP contribution is 2.22. The molecule has 0 spiro atoms. The van der Waals surface area contributed by atoms with Crippen molar-refractivity contribution in [3.8, 4) is 5.75 Å². The van der Waals surface area contributed by atoms with Crippen molar-refractivity contribution in [3.05, 3.63) is 70.3 Å². The molecule has 0 aliphatic carbocycles. The third-order valence-electron chi connectivity index (χ3n) is 3.25. The zero-order valence-corrected chi connectivity index (χ0v) is 12.8. The lowest BCUT2D eigenvalue weighted by Gasteiger charge is -2.04. The van der Waals surface area contributed by atoms with Crippen molar-refractivity contribution in [2.24, 2.45) is 0 Å². The van der Waals surface area contributed by atoms with Crippen molar-refractivity contribution in [1.29, 1.82) is 0 Å². The van der Waals surface area contributed by atoms with Gasteiger partial charge >= 0.3 is 0 Å². The molecule has 0 amide bonds. The van der Waals surface area contributed by atoms with Gasteiger partial charge in [0.1, 0.15) is 5.75 Å². The Morgan fingerprint density at radius 1 is 1.14 bits per heavy atom. The third kappa shape index (κ3) is 3.96. The van der Waals surface area contributed by atoms with Crippen molar-refractivity contribution in [2.75, 3.05) is 0 Å². The van der Waals surface area contributed by atoms with Gasteiger partial charge in [0.25, 0.3) is 0 Å². The molecule has 3 heteroatoms. The molecule has 0 aromatic heterocycles. The Morgan fingerprint density at radius 3 is 2.43 bits per heavy atom. The number of hydrogen-bond acceptors (Lipinski definition) is 2. The van der Waals surface area contributed by atoms with Gasteiger partial charge in [-0.1, -0.05) is 55.8 Å². The van der Waals surface area contributed by atoms with E-state index >= 15 is 0 Å². The summed E-state index contributed by atoms with van der Waals surface area (Å²) < 4.78 is 0. The number of rotatable bonds is 4. The molecule has 1 N–H and O–H groups in total. The summed E-state index contributed by atoms with van der Waals surface area (Å²) in [5.41, 5.74) is 2.40. The minimum absolute atomic E-state index is 0.0656. The van der Waals surface area contributed by atoms with Gasteiger partial charge in [-0.15, -0.1) is 0 Å². The summed E-state index contributed by atoms with van der Waals surface area (Å²) in [7, 11) is 0. The van der Waals surface area contributed by atoms with Crippen molar-refractivity contribution in [1.82, 2.24) is 0 Å². The van der Waals surface area contributed by atoms with Crippen LogP contribution in [0.3, 0.4) is 0 Å². The average Bonchev–Trinajstić information content (AvgIpc) is 2.47. The van der Waals surface area contributed by atoms with E-state index < -0.39 is 0 Å². The quantitative estimate of drug-likeness (QED) is 0.632. The number of ketones is 1. The lowest BCUT2D eigenvalue weighted by Crippen LogP contribution is -1.94. The minimum Gasteiger partial charge on any atom is -0.507 e. The standard InChI is InChI=1S/C18H17ClO2/c1-12(2)14-6-3-13(4-7-14)5-9-17(20)16-11-15(19)8-10-18(16)21/h3-12,21H,1-2H3. The molecule has 0 saturated carbocycles. The van der Waals surface area contributed by atoms with Crippen LogP contribution in [0, 0.1) is 0 Å². The van der Waals surface area contributed by atoms with Gasteiger partial charge < -0.3 is 5.11 Å². The molecule has 0 unspecified atom stereocenters. The normalized spacial score (nSPS) is 11.2. The average molecular weight is 301 g/mol. The number of benzene rings is 2. The topological polar surface area (TPSA) is 37.3 Å². The predicted molar refractivity (Wildman–Crippen MR) is 87.0 cm³/mol. The zero-order chi connectivity index (χ0) is 15.4. The SMILES string of the molecule is CC(C)c1ccc(C=CC(=O)c2cc(Cl)ccc2O)cc1. The number of phenolic OH excluding ortho intramolecular Hbond substituents is 1. The summed E-state index contributed by atoms with van der Waals surface area (Å²) >= 11 is 5.84. The Kier molecular flexibility index (Phi) is 4.81. The first-order valence-electron chi connectivity index (χ1n) is 6.78. The van der Waals surface area contributed by atoms with E-state index in [0.29, 0.717) is 10.9 Å². The van der Waals surface area contributed by atoms with Gasteiger partial charge in [-0.05, 0) is 41.3 Å². The first-order chi connectivity index (χ1) is 9.97. The maximum Gasteiger partial charge on any atom is 0.189 e. The second-order valence-corrected chi connectivity index (χ2v) is 5.62. The van der Waals surface area contributed by atoms with Crippen LogP contribution in [0.4, 0.5) is 0 Å². The van der Waals surface area contributed by atoms with E-state index in [4.69, 9.17) is 11.6 Å². The number of phenols is 1. The number of aromatic hydroxyl groups is 1. The Labute approximate surface area is 129 Å². The molecule has 2 aromatic rings. The summed E-state index contributed by atoms with van der Waals surface area (Å²) in [5, 5.41) is 10.1. The van der Waals surface area contributed by atoms with Crippen molar-refractivity contribution < 1.29 is 9.90 Å². The first kappa shape index (κ1) is 15.3. The van der Waals surface area contributed by atoms with Gasteiger partial charge in [0.15, 0.2) is 5.78 Å². The highest BCUT2D eigenvalue weighted by atomic mass is 35.5. The summed E-state index contributed by atoms with van der Waals surface area (Å²) in [6, 6.07) is 12.5. The van der Waals surface area contributed by atoms with Gasteiger partial charge in [0, 0.05) is 5.02 Å². The first-order valence-corrected chi connectivity index (χ1v) is 7.16. The van der Waals surface area contributed by atoms with Gasteiger partial charge in [0.05, 0.1) is 5.56 Å². The number of hydrogen-bond donors (Lipinski definition) is 1. The molecule has 108 valence electrons. The van der Waals surface area contributed by atoms with Crippen LogP contribution in [-0.2, 0) is 0 Å². The Bertz CT molecular complexity index is 670. The monoisotopic (exact) mass is 300 g/mol. The number of allylic oxidation sites excluding steroid dienone is 1. The second-order valence-electron chi connectivity index (χ2n) is 5.18. The summed E-state index contributed by atoms with van der Waals surface area (Å²) in [6.45, 7) is 4.27. The molecule has 2 aromatic carbocycles. The molecule has 2 nitrogen and oxygen atoms in total. The van der Waals surface area contributed by atoms with Crippen molar-refractivity contribution in [2.45, 2.75) is 19.8 Å². The fraction of sp³-hybridized carbons (Fsp3) is 0.167. The molecule has 0 fully saturated rings. The highest BCUT2D eigenvalue weighted by molar-refractivity contribution is 6.31. The van der Waals surface area contributed by atoms with Crippen LogP contribution >= 0.6 is 11.6 Å². The highest BCUT2D eigenvalue weighted by Gasteiger charge is 2.08. The molecule has 2 rings (SSSR count). The van der Waals surface area contributed by atoms with Crippen LogP contribution in [0.5, 0.6) is 5.75 Å². The molecule has 0 aliphatic rings. The van der Waals surface area contributed by atoms with Crippen LogP contribution in [0.2, 0.25) is 5.02 Å². The van der Waals surface area contributed by atoms with Crippen LogP contribution in [-0.4, -0.2) is 10.9 Å². The number of carbonyl (C=O) groups excluding carboxylic acids is 1. The summed E-state index contributed by atoms with van der Waals surface area (Å²) in [6.07, 6.45) is 3.17. The van der Waals surface area contributed by atoms with Crippen molar-refractivity contribution >= 4 is 23.5 Å². The van der Waals surface area contributed by atoms with Crippen LogP contribution in [0.15, 0.2) is 48.5 Å². The third-order valence-corrected chi connectivity index (χ3v) is 3.49. The Hall–Kier alpha value is -2.06. The second kappa shape index (κ2) is 6.59. The zero-order valence-electron chi connectivity index (χ0n) is 12.0. The smallest absolute Gasteiger partial charge is 0.189 e. The Balaban J connectivity index is 2.16. The van der Waals surface area contributed by atoms with E-state index in [9.17, 15) is 9.90 Å². The van der Waals surface area contributed by atoms with E-state index in [-0.39, 0.29) is 17.1 Å². The molecule has 0 saturated heterocycles. The summed E-state index contributed by atoms with van der Waals surface area (Å²) in [5.74, 6) is 0.139. The number of halogens is 1. The van der Waals surface area contributed by atoms with E-state index in [1.807, 2.05) is 24.3 Å². The maximum atomic E-state index is 12.1. The maximum absolute atomic E-state index is 12.1. The fourth-order valence-corrected chi connectivity index (χ4v) is 2.13. The molecule has 21 heavy (non-hydrogen) atoms. The number of carbonyl (C=O) groups is 1.